The van der Waals surface area contributed by atoms with Gasteiger partial charge in [0.1, 0.15) is 12.1 Å². The molecule has 3 nitrogen and oxygen atoms in total. The third kappa shape index (κ3) is 3.55. The lowest BCUT2D eigenvalue weighted by Crippen LogP contribution is -2.02. The van der Waals surface area contributed by atoms with Crippen LogP contribution in [0, 0.1) is 5.82 Å². The van der Waals surface area contributed by atoms with E-state index in [1.165, 1.54) is 24.3 Å². The van der Waals surface area contributed by atoms with Crippen LogP contribution < -0.4 is 4.74 Å². The molecule has 0 unspecified atom stereocenters. The lowest BCUT2D eigenvalue weighted by molar-refractivity contribution is 0.112. The van der Waals surface area contributed by atoms with Gasteiger partial charge in [-0.05, 0) is 35.9 Å². The SMILES string of the molecule is O=Cc1ccc(OCCc2cccc(F)c2)c(O)c1. The Morgan fingerprint density at radius 3 is 2.74 bits per heavy atom. The summed E-state index contributed by atoms with van der Waals surface area (Å²) < 4.78 is 18.3. The molecule has 19 heavy (non-hydrogen) atoms. The zero-order chi connectivity index (χ0) is 13.7. The molecule has 4 heteroatoms. The van der Waals surface area contributed by atoms with Crippen molar-refractivity contribution in [3.8, 4) is 11.5 Å². The molecule has 1 N–H and O–H groups in total. The number of rotatable bonds is 5. The van der Waals surface area contributed by atoms with E-state index < -0.39 is 0 Å². The highest BCUT2D eigenvalue weighted by Crippen LogP contribution is 2.26. The van der Waals surface area contributed by atoms with Crippen LogP contribution in [0.3, 0.4) is 0 Å². The molecule has 0 aromatic heterocycles. The minimum atomic E-state index is -0.282. The van der Waals surface area contributed by atoms with Crippen LogP contribution >= 0.6 is 0 Å². The molecule has 2 aromatic rings. The van der Waals surface area contributed by atoms with Crippen LogP contribution in [0.1, 0.15) is 15.9 Å². The molecular formula is C15H13FO3. The topological polar surface area (TPSA) is 46.5 Å². The van der Waals surface area contributed by atoms with Crippen LogP contribution in [0.15, 0.2) is 42.5 Å². The number of aromatic hydroxyl groups is 1. The van der Waals surface area contributed by atoms with Gasteiger partial charge in [-0.15, -0.1) is 0 Å². The summed E-state index contributed by atoms with van der Waals surface area (Å²) in [5.74, 6) is -0.0541. The molecule has 0 saturated heterocycles. The number of ether oxygens (including phenoxy) is 1. The third-order valence-corrected chi connectivity index (χ3v) is 2.66. The largest absolute Gasteiger partial charge is 0.504 e. The second-order valence-corrected chi connectivity index (χ2v) is 4.07. The van der Waals surface area contributed by atoms with Gasteiger partial charge in [0.2, 0.25) is 0 Å². The first kappa shape index (κ1) is 13.1. The van der Waals surface area contributed by atoms with Gasteiger partial charge in [0.15, 0.2) is 11.5 Å². The fourth-order valence-corrected chi connectivity index (χ4v) is 1.70. The molecule has 0 radical (unpaired) electrons. The molecule has 0 atom stereocenters. The summed E-state index contributed by atoms with van der Waals surface area (Å²) in [4.78, 5) is 10.5. The van der Waals surface area contributed by atoms with E-state index in [1.807, 2.05) is 6.07 Å². The van der Waals surface area contributed by atoms with Crippen LogP contribution in [0.4, 0.5) is 4.39 Å². The van der Waals surface area contributed by atoms with Gasteiger partial charge in [0, 0.05) is 12.0 Å². The number of phenols is 1. The van der Waals surface area contributed by atoms with Crippen LogP contribution in [0.25, 0.3) is 0 Å². The molecule has 0 bridgehead atoms. The van der Waals surface area contributed by atoms with E-state index in [0.29, 0.717) is 30.6 Å². The number of carbonyl (C=O) groups excluding carboxylic acids is 1. The van der Waals surface area contributed by atoms with Crippen LogP contribution in [-0.2, 0) is 6.42 Å². The van der Waals surface area contributed by atoms with Crippen molar-refractivity contribution in [2.75, 3.05) is 6.61 Å². The number of benzene rings is 2. The molecule has 0 saturated carbocycles. The van der Waals surface area contributed by atoms with Crippen molar-refractivity contribution in [3.05, 3.63) is 59.4 Å². The Morgan fingerprint density at radius 1 is 1.21 bits per heavy atom. The van der Waals surface area contributed by atoms with Crippen molar-refractivity contribution in [2.45, 2.75) is 6.42 Å². The monoisotopic (exact) mass is 260 g/mol. The molecule has 0 aliphatic rings. The summed E-state index contributed by atoms with van der Waals surface area (Å²) in [5.41, 5.74) is 1.21. The second kappa shape index (κ2) is 6.00. The number of halogens is 1. The Morgan fingerprint density at radius 2 is 2.05 bits per heavy atom. The van der Waals surface area contributed by atoms with E-state index in [2.05, 4.69) is 0 Å². The maximum Gasteiger partial charge on any atom is 0.160 e. The van der Waals surface area contributed by atoms with Crippen molar-refractivity contribution in [1.82, 2.24) is 0 Å². The highest BCUT2D eigenvalue weighted by Gasteiger charge is 2.04. The van der Waals surface area contributed by atoms with Gasteiger partial charge in [-0.2, -0.15) is 0 Å². The fraction of sp³-hybridized carbons (Fsp3) is 0.133. The quantitative estimate of drug-likeness (QED) is 0.841. The Bertz CT molecular complexity index is 581. The van der Waals surface area contributed by atoms with Gasteiger partial charge in [0.05, 0.1) is 6.61 Å². The van der Waals surface area contributed by atoms with Crippen LogP contribution in [-0.4, -0.2) is 18.0 Å². The second-order valence-electron chi connectivity index (χ2n) is 4.07. The van der Waals surface area contributed by atoms with Gasteiger partial charge in [-0.25, -0.2) is 4.39 Å². The van der Waals surface area contributed by atoms with E-state index in [1.54, 1.807) is 12.1 Å². The molecular weight excluding hydrogens is 247 g/mol. The average molecular weight is 260 g/mol. The standard InChI is InChI=1S/C15H13FO3/c16-13-3-1-2-11(8-13)6-7-19-15-5-4-12(10-17)9-14(15)18/h1-5,8-10,18H,6-7H2. The molecule has 0 heterocycles. The molecule has 0 aliphatic heterocycles. The van der Waals surface area contributed by atoms with E-state index in [9.17, 15) is 14.3 Å². The van der Waals surface area contributed by atoms with Gasteiger partial charge >= 0.3 is 0 Å². The molecule has 0 fully saturated rings. The van der Waals surface area contributed by atoms with E-state index in [-0.39, 0.29) is 11.6 Å². The molecule has 0 spiro atoms. The first-order valence-corrected chi connectivity index (χ1v) is 5.84. The molecule has 2 aromatic carbocycles. The summed E-state index contributed by atoms with van der Waals surface area (Å²) in [5, 5.41) is 9.62. The number of hydrogen-bond acceptors (Lipinski definition) is 3. The molecule has 0 aliphatic carbocycles. The van der Waals surface area contributed by atoms with E-state index in [4.69, 9.17) is 4.74 Å². The van der Waals surface area contributed by atoms with Crippen molar-refractivity contribution < 1.29 is 19.0 Å². The number of aldehydes is 1. The first-order valence-electron chi connectivity index (χ1n) is 5.84. The average Bonchev–Trinajstić information content (AvgIpc) is 2.40. The summed E-state index contributed by atoms with van der Waals surface area (Å²) in [6.07, 6.45) is 1.18. The predicted molar refractivity (Wildman–Crippen MR) is 69.1 cm³/mol. The zero-order valence-corrected chi connectivity index (χ0v) is 10.2. The minimum Gasteiger partial charge on any atom is -0.504 e. The third-order valence-electron chi connectivity index (χ3n) is 2.66. The van der Waals surface area contributed by atoms with Gasteiger partial charge in [-0.1, -0.05) is 12.1 Å². The number of hydrogen-bond donors (Lipinski definition) is 1. The molecule has 0 amide bonds. The lowest BCUT2D eigenvalue weighted by Gasteiger charge is -2.08. The maximum atomic E-state index is 13.0. The first-order chi connectivity index (χ1) is 9.19. The van der Waals surface area contributed by atoms with Gasteiger partial charge in [0.25, 0.3) is 0 Å². The molecule has 98 valence electrons. The highest BCUT2D eigenvalue weighted by molar-refractivity contribution is 5.76. The van der Waals surface area contributed by atoms with Crippen molar-refractivity contribution >= 4 is 6.29 Å². The Hall–Kier alpha value is -2.36. The van der Waals surface area contributed by atoms with E-state index in [0.717, 1.165) is 5.56 Å². The fourth-order valence-electron chi connectivity index (χ4n) is 1.70. The Kier molecular flexibility index (Phi) is 4.13. The summed E-state index contributed by atoms with van der Waals surface area (Å²) >= 11 is 0. The number of phenolic OH excluding ortho intramolecular Hbond substituents is 1. The Labute approximate surface area is 110 Å². The van der Waals surface area contributed by atoms with Crippen LogP contribution in [0.2, 0.25) is 0 Å². The summed E-state index contributed by atoms with van der Waals surface area (Å²) in [6, 6.07) is 10.7. The smallest absolute Gasteiger partial charge is 0.160 e. The summed E-state index contributed by atoms with van der Waals surface area (Å²) in [7, 11) is 0. The normalized spacial score (nSPS) is 10.2. The Balaban J connectivity index is 1.94. The highest BCUT2D eigenvalue weighted by atomic mass is 19.1. The van der Waals surface area contributed by atoms with Crippen molar-refractivity contribution in [1.29, 1.82) is 0 Å². The number of carbonyl (C=O) groups is 1. The predicted octanol–water partition coefficient (Wildman–Crippen LogP) is 2.97. The molecule has 2 rings (SSSR count). The van der Waals surface area contributed by atoms with Gasteiger partial charge < -0.3 is 9.84 Å². The summed E-state index contributed by atoms with van der Waals surface area (Å²) in [6.45, 7) is 0.317. The minimum absolute atomic E-state index is 0.0798. The maximum absolute atomic E-state index is 13.0. The zero-order valence-electron chi connectivity index (χ0n) is 10.2. The lowest BCUT2D eigenvalue weighted by atomic mass is 10.1. The van der Waals surface area contributed by atoms with Crippen molar-refractivity contribution in [2.24, 2.45) is 0 Å². The van der Waals surface area contributed by atoms with Gasteiger partial charge in [-0.3, -0.25) is 4.79 Å². The van der Waals surface area contributed by atoms with Crippen molar-refractivity contribution in [3.63, 3.8) is 0 Å². The van der Waals surface area contributed by atoms with Crippen LogP contribution in [0.5, 0.6) is 11.5 Å². The van der Waals surface area contributed by atoms with E-state index >= 15 is 0 Å².